The molecular formula is C17H10N4O3S. The molecule has 0 aliphatic heterocycles. The maximum atomic E-state index is 12.5. The summed E-state index contributed by atoms with van der Waals surface area (Å²) in [4.78, 5) is 31.8. The van der Waals surface area contributed by atoms with Crippen LogP contribution in [0.2, 0.25) is 0 Å². The van der Waals surface area contributed by atoms with Crippen molar-refractivity contribution in [1.29, 1.82) is 0 Å². The van der Waals surface area contributed by atoms with Crippen molar-refractivity contribution < 1.29 is 4.92 Å². The minimum atomic E-state index is -0.452. The van der Waals surface area contributed by atoms with Crippen molar-refractivity contribution in [1.82, 2.24) is 14.4 Å². The molecule has 0 aliphatic rings. The van der Waals surface area contributed by atoms with E-state index in [4.69, 9.17) is 0 Å². The summed E-state index contributed by atoms with van der Waals surface area (Å²) in [6, 6.07) is 9.74. The number of nitro benzene ring substituents is 1. The van der Waals surface area contributed by atoms with E-state index in [-0.39, 0.29) is 11.2 Å². The molecule has 0 fully saturated rings. The van der Waals surface area contributed by atoms with Crippen LogP contribution >= 0.6 is 11.3 Å². The molecule has 0 saturated heterocycles. The molecule has 4 aromatic rings. The average molecular weight is 350 g/mol. The van der Waals surface area contributed by atoms with E-state index in [2.05, 4.69) is 9.97 Å². The Morgan fingerprint density at radius 3 is 2.48 bits per heavy atom. The van der Waals surface area contributed by atoms with Gasteiger partial charge in [0, 0.05) is 36.3 Å². The zero-order valence-electron chi connectivity index (χ0n) is 12.7. The third kappa shape index (κ3) is 2.79. The monoisotopic (exact) mass is 350 g/mol. The van der Waals surface area contributed by atoms with Crippen molar-refractivity contribution in [3.05, 3.63) is 85.6 Å². The van der Waals surface area contributed by atoms with Crippen LogP contribution in [0.5, 0.6) is 0 Å². The topological polar surface area (TPSA) is 90.4 Å². The Bertz CT molecular complexity index is 1180. The molecule has 0 N–H and O–H groups in total. The summed E-state index contributed by atoms with van der Waals surface area (Å²) in [6.45, 7) is 0. The van der Waals surface area contributed by atoms with Crippen LogP contribution in [0.1, 0.15) is 5.56 Å². The van der Waals surface area contributed by atoms with Crippen LogP contribution in [0.15, 0.2) is 59.8 Å². The van der Waals surface area contributed by atoms with Crippen molar-refractivity contribution in [2.24, 2.45) is 0 Å². The van der Waals surface area contributed by atoms with Gasteiger partial charge in [-0.05, 0) is 35.9 Å². The summed E-state index contributed by atoms with van der Waals surface area (Å²) in [7, 11) is 0. The number of imidazole rings is 1. The third-order valence-corrected chi connectivity index (χ3v) is 4.67. The van der Waals surface area contributed by atoms with Crippen LogP contribution in [0.25, 0.3) is 22.3 Å². The minimum absolute atomic E-state index is 0.0172. The first-order valence-corrected chi connectivity index (χ1v) is 8.12. The number of hydrogen-bond acceptors (Lipinski definition) is 6. The van der Waals surface area contributed by atoms with E-state index >= 15 is 0 Å². The number of hydrogen-bond donors (Lipinski definition) is 0. The van der Waals surface area contributed by atoms with Crippen LogP contribution < -0.4 is 10.1 Å². The van der Waals surface area contributed by atoms with Crippen molar-refractivity contribution in [2.45, 2.75) is 0 Å². The van der Waals surface area contributed by atoms with Crippen molar-refractivity contribution in [3.63, 3.8) is 0 Å². The molecule has 3 heterocycles. The lowest BCUT2D eigenvalue weighted by Crippen LogP contribution is -2.22. The number of rotatable bonds is 3. The molecule has 0 saturated carbocycles. The summed E-state index contributed by atoms with van der Waals surface area (Å²) in [6.07, 6.45) is 6.79. The van der Waals surface area contributed by atoms with Gasteiger partial charge < -0.3 is 0 Å². The highest BCUT2D eigenvalue weighted by Gasteiger charge is 2.11. The number of pyridine rings is 1. The van der Waals surface area contributed by atoms with E-state index in [1.54, 1.807) is 36.8 Å². The number of benzene rings is 1. The standard InChI is InChI=1S/C17H10N4O3S/c22-16-15(9-11-5-7-18-8-6-11)25-17-19-14(10-20(16)17)12-1-3-13(4-2-12)21(23)24/h1-10H/b15-9+. The zero-order chi connectivity index (χ0) is 17.4. The molecule has 0 amide bonds. The first-order chi connectivity index (χ1) is 12.1. The summed E-state index contributed by atoms with van der Waals surface area (Å²) in [5, 5.41) is 10.7. The van der Waals surface area contributed by atoms with Crippen LogP contribution in [0, 0.1) is 10.1 Å². The van der Waals surface area contributed by atoms with E-state index in [0.29, 0.717) is 15.2 Å². The molecule has 0 bridgehead atoms. The number of fused-ring (bicyclic) bond motifs is 1. The first-order valence-electron chi connectivity index (χ1n) is 7.30. The molecule has 25 heavy (non-hydrogen) atoms. The molecule has 0 aliphatic carbocycles. The van der Waals surface area contributed by atoms with E-state index < -0.39 is 4.92 Å². The highest BCUT2D eigenvalue weighted by atomic mass is 32.1. The quantitative estimate of drug-likeness (QED) is 0.418. The van der Waals surface area contributed by atoms with Gasteiger partial charge in [-0.1, -0.05) is 11.3 Å². The number of aromatic nitrogens is 3. The zero-order valence-corrected chi connectivity index (χ0v) is 13.5. The smallest absolute Gasteiger partial charge is 0.267 e. The predicted octanol–water partition coefficient (Wildman–Crippen LogP) is 2.27. The maximum Gasteiger partial charge on any atom is 0.274 e. The van der Waals surface area contributed by atoms with Gasteiger partial charge in [0.2, 0.25) is 0 Å². The lowest BCUT2D eigenvalue weighted by molar-refractivity contribution is -0.384. The Morgan fingerprint density at radius 1 is 1.12 bits per heavy atom. The fraction of sp³-hybridized carbons (Fsp3) is 0. The molecule has 3 aromatic heterocycles. The largest absolute Gasteiger partial charge is 0.274 e. The van der Waals surface area contributed by atoms with Gasteiger partial charge >= 0.3 is 0 Å². The molecule has 0 unspecified atom stereocenters. The van der Waals surface area contributed by atoms with E-state index in [1.807, 2.05) is 12.1 Å². The Hall–Kier alpha value is -3.39. The second-order valence-corrected chi connectivity index (χ2v) is 6.29. The Kier molecular flexibility index (Phi) is 3.58. The highest BCUT2D eigenvalue weighted by molar-refractivity contribution is 7.15. The lowest BCUT2D eigenvalue weighted by Gasteiger charge is -1.95. The van der Waals surface area contributed by atoms with Gasteiger partial charge in [-0.15, -0.1) is 0 Å². The fourth-order valence-electron chi connectivity index (χ4n) is 2.44. The van der Waals surface area contributed by atoms with Gasteiger partial charge in [-0.25, -0.2) is 4.98 Å². The second-order valence-electron chi connectivity index (χ2n) is 5.28. The Morgan fingerprint density at radius 2 is 1.84 bits per heavy atom. The van der Waals surface area contributed by atoms with Crippen LogP contribution in [0.4, 0.5) is 5.69 Å². The molecule has 1 aromatic carbocycles. The number of non-ortho nitro benzene ring substituents is 1. The second kappa shape index (κ2) is 5.91. The van der Waals surface area contributed by atoms with Gasteiger partial charge in [-0.2, -0.15) is 0 Å². The van der Waals surface area contributed by atoms with Crippen LogP contribution in [0.3, 0.4) is 0 Å². The van der Waals surface area contributed by atoms with E-state index in [1.165, 1.54) is 27.9 Å². The fourth-order valence-corrected chi connectivity index (χ4v) is 3.39. The SMILES string of the molecule is O=c1/c(=C\c2ccncc2)sc2nc(-c3ccc([N+](=O)[O-])cc3)cn12. The summed E-state index contributed by atoms with van der Waals surface area (Å²) in [5.74, 6) is 0. The van der Waals surface area contributed by atoms with Gasteiger partial charge in [0.25, 0.3) is 11.2 Å². The summed E-state index contributed by atoms with van der Waals surface area (Å²) < 4.78 is 2.08. The maximum absolute atomic E-state index is 12.5. The predicted molar refractivity (Wildman–Crippen MR) is 94.5 cm³/mol. The lowest BCUT2D eigenvalue weighted by atomic mass is 10.1. The van der Waals surface area contributed by atoms with Crippen LogP contribution in [-0.4, -0.2) is 19.3 Å². The van der Waals surface area contributed by atoms with Gasteiger partial charge in [-0.3, -0.25) is 24.3 Å². The molecule has 8 heteroatoms. The summed E-state index contributed by atoms with van der Waals surface area (Å²) >= 11 is 1.30. The van der Waals surface area contributed by atoms with Gasteiger partial charge in [0.1, 0.15) is 0 Å². The van der Waals surface area contributed by atoms with Gasteiger partial charge in [0.05, 0.1) is 15.1 Å². The molecule has 122 valence electrons. The normalized spacial score (nSPS) is 11.9. The van der Waals surface area contributed by atoms with E-state index in [9.17, 15) is 14.9 Å². The molecule has 0 spiro atoms. The van der Waals surface area contributed by atoms with Gasteiger partial charge in [0.15, 0.2) is 4.96 Å². The molecular weight excluding hydrogens is 340 g/mol. The number of thiazole rings is 1. The minimum Gasteiger partial charge on any atom is -0.267 e. The van der Waals surface area contributed by atoms with E-state index in [0.717, 1.165) is 11.1 Å². The number of nitrogens with zero attached hydrogens (tertiary/aromatic N) is 4. The third-order valence-electron chi connectivity index (χ3n) is 3.68. The first kappa shape index (κ1) is 15.2. The molecule has 0 atom stereocenters. The van der Waals surface area contributed by atoms with Crippen molar-refractivity contribution >= 4 is 28.1 Å². The van der Waals surface area contributed by atoms with Crippen molar-refractivity contribution in [2.75, 3.05) is 0 Å². The molecule has 7 nitrogen and oxygen atoms in total. The Labute approximate surface area is 144 Å². The summed E-state index contributed by atoms with van der Waals surface area (Å²) in [5.41, 5.74) is 2.10. The molecule has 4 rings (SSSR count). The Balaban J connectivity index is 1.76. The number of nitro groups is 1. The van der Waals surface area contributed by atoms with Crippen molar-refractivity contribution in [3.8, 4) is 11.3 Å². The average Bonchev–Trinajstić information content (AvgIpc) is 3.16. The van der Waals surface area contributed by atoms with Crippen LogP contribution in [-0.2, 0) is 0 Å². The highest BCUT2D eigenvalue weighted by Crippen LogP contribution is 2.22. The molecule has 0 radical (unpaired) electrons.